The van der Waals surface area contributed by atoms with Gasteiger partial charge < -0.3 is 24.8 Å². The Morgan fingerprint density at radius 1 is 1.04 bits per heavy atom. The van der Waals surface area contributed by atoms with Gasteiger partial charge in [0.1, 0.15) is 18.8 Å². The van der Waals surface area contributed by atoms with Crippen molar-refractivity contribution in [1.82, 2.24) is 5.32 Å². The lowest BCUT2D eigenvalue weighted by molar-refractivity contribution is -0.120. The molecule has 1 aromatic rings. The highest BCUT2D eigenvalue weighted by molar-refractivity contribution is 5.93. The minimum atomic E-state index is -0.572. The van der Waals surface area contributed by atoms with Crippen molar-refractivity contribution in [2.75, 3.05) is 18.5 Å². The minimum absolute atomic E-state index is 0.0976. The molecule has 0 aromatic heterocycles. The van der Waals surface area contributed by atoms with Crippen LogP contribution in [0, 0.1) is 5.92 Å². The lowest BCUT2D eigenvalue weighted by atomic mass is 9.93. The predicted molar refractivity (Wildman–Crippen MR) is 106 cm³/mol. The lowest BCUT2D eigenvalue weighted by Crippen LogP contribution is -2.46. The fraction of sp³-hybridized carbons (Fsp3) is 0.619. The summed E-state index contributed by atoms with van der Waals surface area (Å²) in [5, 5.41) is 5.89. The van der Waals surface area contributed by atoms with Crippen molar-refractivity contribution in [3.8, 4) is 11.5 Å². The first-order valence-corrected chi connectivity index (χ1v) is 10.0. The molecule has 1 fully saturated rings. The van der Waals surface area contributed by atoms with Crippen molar-refractivity contribution >= 4 is 17.7 Å². The molecule has 28 heavy (non-hydrogen) atoms. The number of carbonyl (C=O) groups excluding carboxylic acids is 2. The zero-order valence-corrected chi connectivity index (χ0v) is 16.9. The van der Waals surface area contributed by atoms with E-state index in [1.807, 2.05) is 20.8 Å². The average molecular weight is 390 g/mol. The summed E-state index contributed by atoms with van der Waals surface area (Å²) >= 11 is 0. The van der Waals surface area contributed by atoms with Crippen molar-refractivity contribution in [2.24, 2.45) is 5.92 Å². The molecule has 2 atom stereocenters. The number of fused-ring (bicyclic) bond motifs is 1. The second kappa shape index (κ2) is 8.71. The van der Waals surface area contributed by atoms with Gasteiger partial charge in [0.2, 0.25) is 5.91 Å². The maximum absolute atomic E-state index is 13.0. The molecule has 0 saturated heterocycles. The van der Waals surface area contributed by atoms with Gasteiger partial charge in [0.15, 0.2) is 11.5 Å². The number of hydrogen-bond acceptors (Lipinski definition) is 5. The first-order valence-electron chi connectivity index (χ1n) is 10.0. The van der Waals surface area contributed by atoms with Crippen LogP contribution in [0.2, 0.25) is 0 Å². The summed E-state index contributed by atoms with van der Waals surface area (Å²) in [6.45, 7) is 6.50. The average Bonchev–Trinajstić information content (AvgIpc) is 2.85. The Kier molecular flexibility index (Phi) is 6.31. The summed E-state index contributed by atoms with van der Waals surface area (Å²) in [5.41, 5.74) is 0.0899. The molecule has 154 valence electrons. The molecule has 2 N–H and O–H groups in total. The van der Waals surface area contributed by atoms with E-state index in [9.17, 15) is 9.59 Å². The smallest absolute Gasteiger partial charge is 0.407 e. The molecular weight excluding hydrogens is 360 g/mol. The number of benzene rings is 1. The number of carbonyl (C=O) groups is 2. The number of ether oxygens (including phenoxy) is 3. The van der Waals surface area contributed by atoms with Crippen LogP contribution in [0.25, 0.3) is 0 Å². The van der Waals surface area contributed by atoms with Crippen LogP contribution in [0.4, 0.5) is 10.5 Å². The summed E-state index contributed by atoms with van der Waals surface area (Å²) in [5.74, 6) is 0.916. The van der Waals surface area contributed by atoms with Crippen LogP contribution in [0.15, 0.2) is 18.2 Å². The van der Waals surface area contributed by atoms with Crippen molar-refractivity contribution in [2.45, 2.75) is 64.5 Å². The van der Waals surface area contributed by atoms with Gasteiger partial charge in [-0.25, -0.2) is 4.79 Å². The molecule has 1 heterocycles. The third-order valence-corrected chi connectivity index (χ3v) is 4.86. The first-order chi connectivity index (χ1) is 13.3. The fourth-order valence-corrected chi connectivity index (χ4v) is 3.61. The van der Waals surface area contributed by atoms with Crippen LogP contribution in [-0.4, -0.2) is 36.9 Å². The number of rotatable bonds is 3. The summed E-state index contributed by atoms with van der Waals surface area (Å²) in [7, 11) is 0. The normalized spacial score (nSPS) is 22.0. The van der Waals surface area contributed by atoms with Crippen molar-refractivity contribution in [3.05, 3.63) is 18.2 Å². The Morgan fingerprint density at radius 2 is 1.75 bits per heavy atom. The van der Waals surface area contributed by atoms with Gasteiger partial charge in [-0.15, -0.1) is 0 Å². The highest BCUT2D eigenvalue weighted by Gasteiger charge is 2.32. The van der Waals surface area contributed by atoms with E-state index in [1.165, 1.54) is 0 Å². The van der Waals surface area contributed by atoms with Crippen LogP contribution in [0.3, 0.4) is 0 Å². The van der Waals surface area contributed by atoms with Crippen LogP contribution in [0.1, 0.15) is 52.9 Å². The Morgan fingerprint density at radius 3 is 2.50 bits per heavy atom. The predicted octanol–water partition coefficient (Wildman–Crippen LogP) is 3.87. The Labute approximate surface area is 166 Å². The molecule has 0 radical (unpaired) electrons. The lowest BCUT2D eigenvalue weighted by Gasteiger charge is -2.27. The van der Waals surface area contributed by atoms with E-state index in [1.54, 1.807) is 18.2 Å². The molecule has 1 saturated carbocycles. The summed E-state index contributed by atoms with van der Waals surface area (Å²) in [4.78, 5) is 25.2. The highest BCUT2D eigenvalue weighted by atomic mass is 16.6. The molecule has 2 amide bonds. The maximum Gasteiger partial charge on any atom is 0.407 e. The largest absolute Gasteiger partial charge is 0.486 e. The quantitative estimate of drug-likeness (QED) is 0.765. The number of amides is 2. The van der Waals surface area contributed by atoms with Crippen molar-refractivity contribution in [1.29, 1.82) is 0 Å². The number of hydrogen-bond donors (Lipinski definition) is 2. The Balaban J connectivity index is 1.67. The summed E-state index contributed by atoms with van der Waals surface area (Å²) < 4.78 is 16.5. The highest BCUT2D eigenvalue weighted by Crippen LogP contribution is 2.33. The first kappa shape index (κ1) is 20.3. The fourth-order valence-electron chi connectivity index (χ4n) is 3.61. The number of nitrogens with one attached hydrogen (secondary N) is 2. The molecule has 0 spiro atoms. The topological polar surface area (TPSA) is 85.9 Å². The third-order valence-electron chi connectivity index (χ3n) is 4.86. The van der Waals surface area contributed by atoms with E-state index in [4.69, 9.17) is 14.2 Å². The standard InChI is InChI=1S/C21H30N2O5/c1-21(2,3)28-20(25)23-16-8-6-4-5-7-15(16)19(24)22-14-9-10-17-18(13-14)27-12-11-26-17/h9-10,13,15-16H,4-8,11-12H2,1-3H3,(H,22,24)(H,23,25)/t15-,16+/m0/s1. The molecular formula is C21H30N2O5. The number of anilines is 1. The molecule has 1 aromatic carbocycles. The van der Waals surface area contributed by atoms with E-state index >= 15 is 0 Å². The SMILES string of the molecule is CC(C)(C)OC(=O)N[C@@H]1CCCCC[C@@H]1C(=O)Nc1ccc2c(c1)OCCO2. The van der Waals surface area contributed by atoms with Gasteiger partial charge in [0.05, 0.1) is 5.92 Å². The molecule has 2 aliphatic rings. The molecule has 3 rings (SSSR count). The third kappa shape index (κ3) is 5.53. The van der Waals surface area contributed by atoms with Crippen LogP contribution >= 0.6 is 0 Å². The zero-order chi connectivity index (χ0) is 20.1. The zero-order valence-electron chi connectivity index (χ0n) is 16.9. The second-order valence-electron chi connectivity index (χ2n) is 8.34. The van der Waals surface area contributed by atoms with Crippen molar-refractivity contribution in [3.63, 3.8) is 0 Å². The Hall–Kier alpha value is -2.44. The van der Waals surface area contributed by atoms with E-state index < -0.39 is 11.7 Å². The Bertz CT molecular complexity index is 713. The molecule has 1 aliphatic heterocycles. The van der Waals surface area contributed by atoms with Gasteiger partial charge in [0.25, 0.3) is 0 Å². The maximum atomic E-state index is 13.0. The number of alkyl carbamates (subject to hydrolysis) is 1. The monoisotopic (exact) mass is 390 g/mol. The minimum Gasteiger partial charge on any atom is -0.486 e. The van der Waals surface area contributed by atoms with E-state index in [-0.39, 0.29) is 17.9 Å². The molecule has 0 unspecified atom stereocenters. The van der Waals surface area contributed by atoms with Crippen LogP contribution < -0.4 is 20.1 Å². The van der Waals surface area contributed by atoms with Gasteiger partial charge in [-0.1, -0.05) is 19.3 Å². The van der Waals surface area contributed by atoms with E-state index in [0.29, 0.717) is 30.4 Å². The van der Waals surface area contributed by atoms with E-state index in [0.717, 1.165) is 32.1 Å². The molecule has 7 nitrogen and oxygen atoms in total. The van der Waals surface area contributed by atoms with E-state index in [2.05, 4.69) is 10.6 Å². The van der Waals surface area contributed by atoms with Crippen LogP contribution in [0.5, 0.6) is 11.5 Å². The van der Waals surface area contributed by atoms with Gasteiger partial charge >= 0.3 is 6.09 Å². The summed E-state index contributed by atoms with van der Waals surface area (Å²) in [6.07, 6.45) is 4.02. The van der Waals surface area contributed by atoms with Crippen LogP contribution in [-0.2, 0) is 9.53 Å². The van der Waals surface area contributed by atoms with Gasteiger partial charge in [-0.05, 0) is 45.7 Å². The molecule has 7 heteroatoms. The second-order valence-corrected chi connectivity index (χ2v) is 8.34. The molecule has 1 aliphatic carbocycles. The van der Waals surface area contributed by atoms with Gasteiger partial charge in [-0.3, -0.25) is 4.79 Å². The van der Waals surface area contributed by atoms with Crippen molar-refractivity contribution < 1.29 is 23.8 Å². The summed E-state index contributed by atoms with van der Waals surface area (Å²) in [6, 6.07) is 5.14. The van der Waals surface area contributed by atoms with Gasteiger partial charge in [0, 0.05) is 17.8 Å². The van der Waals surface area contributed by atoms with Gasteiger partial charge in [-0.2, -0.15) is 0 Å². The molecule has 0 bridgehead atoms.